The number of fused-ring (bicyclic) bond motifs is 3. The summed E-state index contributed by atoms with van der Waals surface area (Å²) in [5.41, 5.74) is 0.280. The second kappa shape index (κ2) is 10.9. The normalized spacial score (nSPS) is 20.6. The molecule has 3 fully saturated rings. The van der Waals surface area contributed by atoms with Crippen molar-refractivity contribution in [2.75, 3.05) is 43.4 Å². The molecule has 1 atom stereocenters. The van der Waals surface area contributed by atoms with E-state index in [1.165, 1.54) is 12.3 Å². The van der Waals surface area contributed by atoms with Crippen LogP contribution in [0.25, 0.3) is 32.9 Å². The van der Waals surface area contributed by atoms with Crippen LogP contribution in [0, 0.1) is 17.6 Å². The zero-order chi connectivity index (χ0) is 29.8. The number of nitrogens with zero attached hydrogens (tertiary/aromatic N) is 5. The first-order valence-corrected chi connectivity index (χ1v) is 16.6. The quantitative estimate of drug-likeness (QED) is 0.323. The van der Waals surface area contributed by atoms with E-state index in [0.717, 1.165) is 45.2 Å². The molecule has 0 bridgehead atoms. The second-order valence-electron chi connectivity index (χ2n) is 12.1. The van der Waals surface area contributed by atoms with Crippen LogP contribution < -0.4 is 14.8 Å². The van der Waals surface area contributed by atoms with Crippen LogP contribution in [0.15, 0.2) is 42.6 Å². The maximum absolute atomic E-state index is 16.5. The first-order chi connectivity index (χ1) is 20.7. The number of rotatable bonds is 7. The van der Waals surface area contributed by atoms with Crippen LogP contribution in [-0.4, -0.2) is 72.3 Å². The third-order valence-corrected chi connectivity index (χ3v) is 10.3. The number of anilines is 1. The van der Waals surface area contributed by atoms with Crippen LogP contribution in [0.1, 0.15) is 38.5 Å². The Morgan fingerprint density at radius 1 is 1.02 bits per heavy atom. The second-order valence-corrected chi connectivity index (χ2v) is 13.8. The van der Waals surface area contributed by atoms with Gasteiger partial charge < -0.3 is 9.64 Å². The summed E-state index contributed by atoms with van der Waals surface area (Å²) in [7, 11) is -3.66. The maximum atomic E-state index is 16.5. The van der Waals surface area contributed by atoms with E-state index in [-0.39, 0.29) is 39.8 Å². The lowest BCUT2D eigenvalue weighted by Gasteiger charge is -2.34. The Balaban J connectivity index is 1.33. The maximum Gasteiger partial charge on any atom is 0.319 e. The number of piperidine rings is 1. The molecule has 3 saturated heterocycles. The molecule has 0 aliphatic carbocycles. The van der Waals surface area contributed by atoms with Gasteiger partial charge in [0.25, 0.3) is 0 Å². The van der Waals surface area contributed by atoms with Gasteiger partial charge in [-0.15, -0.1) is 0 Å². The van der Waals surface area contributed by atoms with Crippen molar-refractivity contribution < 1.29 is 21.9 Å². The van der Waals surface area contributed by atoms with Gasteiger partial charge in [0.05, 0.1) is 16.7 Å². The Morgan fingerprint density at radius 3 is 2.56 bits per heavy atom. The van der Waals surface area contributed by atoms with Crippen molar-refractivity contribution in [1.82, 2.24) is 19.9 Å². The Labute approximate surface area is 249 Å². The van der Waals surface area contributed by atoms with Gasteiger partial charge >= 0.3 is 6.01 Å². The fourth-order valence-corrected chi connectivity index (χ4v) is 8.32. The fraction of sp³-hybridized carbons (Fsp3) is 0.452. The number of hydrogen-bond donors (Lipinski definition) is 1. The summed E-state index contributed by atoms with van der Waals surface area (Å²) in [6.07, 6.45) is 7.23. The largest absolute Gasteiger partial charge is 0.461 e. The van der Waals surface area contributed by atoms with Crippen molar-refractivity contribution in [1.29, 1.82) is 0 Å². The molecule has 0 saturated carbocycles. The van der Waals surface area contributed by atoms with Crippen molar-refractivity contribution in [3.8, 4) is 17.3 Å². The van der Waals surface area contributed by atoms with Gasteiger partial charge in [0.2, 0.25) is 10.0 Å². The minimum Gasteiger partial charge on any atom is -0.461 e. The number of primary sulfonamides is 1. The standard InChI is InChI=1S/C31H34F2N6O3S/c32-24-10-2-8-21-7-1-9-22(25(21)24)27-26(33)28-23(16-35-27)29(38-13-3-6-20(17-38)18-43(34,40)41)37-30(36-28)42-19-31-11-4-14-39(31)15-5-12-31/h1-2,7-10,16,20H,3-6,11-15,17-19H2,(H2,34,40,41). The Bertz CT molecular complexity index is 1810. The summed E-state index contributed by atoms with van der Waals surface area (Å²) in [4.78, 5) is 18.2. The monoisotopic (exact) mass is 608 g/mol. The molecule has 2 N–H and O–H groups in total. The molecular formula is C31H34F2N6O3S. The van der Waals surface area contributed by atoms with E-state index in [4.69, 9.17) is 14.9 Å². The van der Waals surface area contributed by atoms with Crippen molar-refractivity contribution in [3.63, 3.8) is 0 Å². The predicted octanol–water partition coefficient (Wildman–Crippen LogP) is 4.64. The molecule has 7 rings (SSSR count). The molecule has 0 radical (unpaired) electrons. The van der Waals surface area contributed by atoms with Crippen LogP contribution in [-0.2, 0) is 10.0 Å². The number of aromatic nitrogens is 3. The zero-order valence-electron chi connectivity index (χ0n) is 23.8. The molecule has 1 unspecified atom stereocenters. The molecular weight excluding hydrogens is 574 g/mol. The lowest BCUT2D eigenvalue weighted by molar-refractivity contribution is 0.108. The summed E-state index contributed by atoms with van der Waals surface area (Å²) < 4.78 is 61.6. The molecule has 3 aliphatic heterocycles. The van der Waals surface area contributed by atoms with E-state index in [1.54, 1.807) is 30.3 Å². The lowest BCUT2D eigenvalue weighted by Crippen LogP contribution is -2.43. The predicted molar refractivity (Wildman–Crippen MR) is 161 cm³/mol. The van der Waals surface area contributed by atoms with Gasteiger partial charge in [0.15, 0.2) is 5.82 Å². The Hall–Kier alpha value is -3.48. The number of pyridine rings is 1. The van der Waals surface area contributed by atoms with E-state index in [9.17, 15) is 12.8 Å². The van der Waals surface area contributed by atoms with Crippen molar-refractivity contribution in [2.45, 2.75) is 44.1 Å². The smallest absolute Gasteiger partial charge is 0.319 e. The summed E-state index contributed by atoms with van der Waals surface area (Å²) in [6.45, 7) is 3.47. The molecule has 0 amide bonds. The number of sulfonamides is 1. The van der Waals surface area contributed by atoms with Crippen LogP contribution in [0.3, 0.4) is 0 Å². The SMILES string of the molecule is NS(=O)(=O)CC1CCCN(c2nc(OCC34CCCN3CCC4)nc3c(F)c(-c4cccc5cccc(F)c45)ncc23)C1. The molecule has 226 valence electrons. The van der Waals surface area contributed by atoms with E-state index >= 15 is 4.39 Å². The Kier molecular flexibility index (Phi) is 7.18. The average molecular weight is 609 g/mol. The number of benzene rings is 2. The molecule has 9 nitrogen and oxygen atoms in total. The highest BCUT2D eigenvalue weighted by Crippen LogP contribution is 2.40. The van der Waals surface area contributed by atoms with Gasteiger partial charge in [-0.2, -0.15) is 9.97 Å². The summed E-state index contributed by atoms with van der Waals surface area (Å²) in [5.74, 6) is -1.06. The first kappa shape index (κ1) is 28.3. The average Bonchev–Trinajstić information content (AvgIpc) is 3.56. The van der Waals surface area contributed by atoms with Gasteiger partial charge in [-0.25, -0.2) is 22.3 Å². The molecule has 12 heteroatoms. The van der Waals surface area contributed by atoms with Gasteiger partial charge in [-0.1, -0.05) is 30.3 Å². The molecule has 0 spiro atoms. The minimum absolute atomic E-state index is 0.0131. The van der Waals surface area contributed by atoms with Crippen molar-refractivity contribution in [3.05, 3.63) is 54.2 Å². The highest BCUT2D eigenvalue weighted by molar-refractivity contribution is 7.89. The van der Waals surface area contributed by atoms with E-state index in [2.05, 4.69) is 14.9 Å². The third-order valence-electron chi connectivity index (χ3n) is 9.32. The number of ether oxygens (including phenoxy) is 1. The van der Waals surface area contributed by atoms with E-state index in [0.29, 0.717) is 48.3 Å². The summed E-state index contributed by atoms with van der Waals surface area (Å²) in [6, 6.07) is 9.97. The molecule has 3 aliphatic rings. The van der Waals surface area contributed by atoms with Gasteiger partial charge in [-0.3, -0.25) is 9.88 Å². The molecule has 5 heterocycles. The molecule has 2 aromatic heterocycles. The van der Waals surface area contributed by atoms with Gasteiger partial charge in [-0.05, 0) is 69.0 Å². The number of hydrogen-bond acceptors (Lipinski definition) is 8. The summed E-state index contributed by atoms with van der Waals surface area (Å²) >= 11 is 0. The van der Waals surface area contributed by atoms with Crippen LogP contribution in [0.2, 0.25) is 0 Å². The van der Waals surface area contributed by atoms with Crippen molar-refractivity contribution in [2.24, 2.45) is 11.1 Å². The molecule has 4 aromatic rings. The first-order valence-electron chi connectivity index (χ1n) is 14.9. The fourth-order valence-electron chi connectivity index (χ4n) is 7.39. The highest BCUT2D eigenvalue weighted by Gasteiger charge is 2.45. The number of nitrogens with two attached hydrogens (primary N) is 1. The van der Waals surface area contributed by atoms with E-state index < -0.39 is 21.7 Å². The van der Waals surface area contributed by atoms with E-state index in [1.807, 2.05) is 4.90 Å². The minimum atomic E-state index is -3.66. The van der Waals surface area contributed by atoms with Crippen LogP contribution in [0.5, 0.6) is 6.01 Å². The lowest BCUT2D eigenvalue weighted by atomic mass is 9.95. The van der Waals surface area contributed by atoms with Gasteiger partial charge in [0.1, 0.15) is 29.5 Å². The van der Waals surface area contributed by atoms with Crippen LogP contribution >= 0.6 is 0 Å². The molecule has 43 heavy (non-hydrogen) atoms. The highest BCUT2D eigenvalue weighted by atomic mass is 32.2. The Morgan fingerprint density at radius 2 is 1.79 bits per heavy atom. The zero-order valence-corrected chi connectivity index (χ0v) is 24.6. The number of halogens is 2. The molecule has 2 aromatic carbocycles. The topological polar surface area (TPSA) is 115 Å². The third kappa shape index (κ3) is 5.29. The van der Waals surface area contributed by atoms with Gasteiger partial charge in [0, 0.05) is 30.2 Å². The van der Waals surface area contributed by atoms with Crippen molar-refractivity contribution >= 4 is 37.5 Å². The summed E-state index contributed by atoms with van der Waals surface area (Å²) in [5, 5.41) is 6.67. The van der Waals surface area contributed by atoms with Crippen LogP contribution in [0.4, 0.5) is 14.6 Å².